The van der Waals surface area contributed by atoms with Gasteiger partial charge in [-0.05, 0) is 33.3 Å². The molecule has 130 valence electrons. The molecule has 0 aliphatic rings. The number of rotatable bonds is 6. The van der Waals surface area contributed by atoms with Crippen molar-refractivity contribution in [2.45, 2.75) is 33.7 Å². The molecular weight excluding hydrogens is 316 g/mol. The van der Waals surface area contributed by atoms with Crippen molar-refractivity contribution in [2.24, 2.45) is 0 Å². The van der Waals surface area contributed by atoms with Crippen LogP contribution in [0.25, 0.3) is 11.3 Å². The minimum atomic E-state index is -0.226. The lowest BCUT2D eigenvalue weighted by Gasteiger charge is -2.05. The number of carbonyl (C=O) groups is 1. The van der Waals surface area contributed by atoms with Gasteiger partial charge < -0.3 is 9.84 Å². The number of hydrogen-bond acceptors (Lipinski definition) is 4. The molecule has 0 saturated heterocycles. The Hall–Kier alpha value is -2.89. The van der Waals surface area contributed by atoms with Gasteiger partial charge in [-0.15, -0.1) is 0 Å². The molecule has 0 aliphatic carbocycles. The van der Waals surface area contributed by atoms with Gasteiger partial charge in [-0.2, -0.15) is 5.10 Å². The molecule has 0 spiro atoms. The monoisotopic (exact) mass is 338 g/mol. The van der Waals surface area contributed by atoms with Gasteiger partial charge in [0.25, 0.3) is 5.91 Å². The van der Waals surface area contributed by atoms with Gasteiger partial charge in [-0.1, -0.05) is 35.0 Å². The fourth-order valence-corrected chi connectivity index (χ4v) is 2.66. The average molecular weight is 338 g/mol. The number of carbonyl (C=O) groups excluding carboxylic acids is 1. The first-order valence-electron chi connectivity index (χ1n) is 8.36. The molecule has 1 aromatic carbocycles. The zero-order valence-corrected chi connectivity index (χ0v) is 14.7. The highest BCUT2D eigenvalue weighted by Crippen LogP contribution is 2.20. The van der Waals surface area contributed by atoms with Gasteiger partial charge in [-0.25, -0.2) is 0 Å². The van der Waals surface area contributed by atoms with E-state index < -0.39 is 0 Å². The fourth-order valence-electron chi connectivity index (χ4n) is 2.66. The molecule has 25 heavy (non-hydrogen) atoms. The van der Waals surface area contributed by atoms with Crippen molar-refractivity contribution in [3.8, 4) is 11.3 Å². The van der Waals surface area contributed by atoms with Crippen LogP contribution < -0.4 is 5.32 Å². The van der Waals surface area contributed by atoms with Crippen LogP contribution in [-0.2, 0) is 6.54 Å². The number of aromatic nitrogens is 3. The van der Waals surface area contributed by atoms with Crippen LogP contribution >= 0.6 is 0 Å². The van der Waals surface area contributed by atoms with Crippen molar-refractivity contribution in [1.82, 2.24) is 20.3 Å². The number of amides is 1. The molecule has 3 rings (SSSR count). The summed E-state index contributed by atoms with van der Waals surface area (Å²) in [5.74, 6) is 0.364. The third kappa shape index (κ3) is 4.15. The maximum Gasteiger partial charge on any atom is 0.273 e. The van der Waals surface area contributed by atoms with E-state index in [4.69, 9.17) is 4.52 Å². The third-order valence-corrected chi connectivity index (χ3v) is 4.01. The van der Waals surface area contributed by atoms with Gasteiger partial charge in [0.2, 0.25) is 0 Å². The smallest absolute Gasteiger partial charge is 0.273 e. The van der Waals surface area contributed by atoms with E-state index in [2.05, 4.69) is 15.6 Å². The summed E-state index contributed by atoms with van der Waals surface area (Å²) in [5.41, 5.74) is 4.50. The van der Waals surface area contributed by atoms with Crippen LogP contribution in [0.5, 0.6) is 0 Å². The summed E-state index contributed by atoms with van der Waals surface area (Å²) >= 11 is 0. The SMILES string of the molecule is Cc1ccc(-c2cc(C(=O)NCCCn3nc(C)cc3C)no2)cc1. The van der Waals surface area contributed by atoms with Gasteiger partial charge in [0.1, 0.15) is 0 Å². The van der Waals surface area contributed by atoms with Crippen LogP contribution in [0, 0.1) is 20.8 Å². The lowest BCUT2D eigenvalue weighted by Crippen LogP contribution is -2.25. The van der Waals surface area contributed by atoms with Crippen LogP contribution in [0.4, 0.5) is 0 Å². The first kappa shape index (κ1) is 17.0. The minimum Gasteiger partial charge on any atom is -0.355 e. The highest BCUT2D eigenvalue weighted by Gasteiger charge is 2.13. The molecule has 1 amide bonds. The Bertz CT molecular complexity index is 862. The Balaban J connectivity index is 1.52. The summed E-state index contributed by atoms with van der Waals surface area (Å²) in [7, 11) is 0. The van der Waals surface area contributed by atoms with Crippen molar-refractivity contribution in [3.05, 3.63) is 59.0 Å². The van der Waals surface area contributed by atoms with Crippen LogP contribution in [0.15, 0.2) is 40.9 Å². The summed E-state index contributed by atoms with van der Waals surface area (Å²) in [6, 6.07) is 11.6. The third-order valence-electron chi connectivity index (χ3n) is 4.01. The molecule has 6 heteroatoms. The number of hydrogen-bond donors (Lipinski definition) is 1. The van der Waals surface area contributed by atoms with E-state index in [0.29, 0.717) is 18.0 Å². The predicted molar refractivity (Wildman–Crippen MR) is 95.3 cm³/mol. The largest absolute Gasteiger partial charge is 0.355 e. The lowest BCUT2D eigenvalue weighted by molar-refractivity contribution is 0.0943. The molecule has 2 aromatic heterocycles. The highest BCUT2D eigenvalue weighted by molar-refractivity contribution is 5.93. The zero-order chi connectivity index (χ0) is 17.8. The molecule has 0 saturated carbocycles. The zero-order valence-electron chi connectivity index (χ0n) is 14.7. The second-order valence-electron chi connectivity index (χ2n) is 6.20. The summed E-state index contributed by atoms with van der Waals surface area (Å²) in [6.07, 6.45) is 0.802. The van der Waals surface area contributed by atoms with Crippen LogP contribution in [0.2, 0.25) is 0 Å². The normalized spacial score (nSPS) is 10.8. The predicted octanol–water partition coefficient (Wildman–Crippen LogP) is 3.28. The molecule has 1 N–H and O–H groups in total. The van der Waals surface area contributed by atoms with Gasteiger partial charge >= 0.3 is 0 Å². The molecule has 2 heterocycles. The first-order chi connectivity index (χ1) is 12.0. The summed E-state index contributed by atoms with van der Waals surface area (Å²) in [5, 5.41) is 11.1. The Morgan fingerprint density at radius 2 is 1.92 bits per heavy atom. The molecule has 0 bridgehead atoms. The van der Waals surface area contributed by atoms with Gasteiger partial charge in [0.05, 0.1) is 5.69 Å². The van der Waals surface area contributed by atoms with E-state index in [1.54, 1.807) is 6.07 Å². The van der Waals surface area contributed by atoms with E-state index in [1.165, 1.54) is 5.56 Å². The average Bonchev–Trinajstić information content (AvgIpc) is 3.19. The molecule has 0 fully saturated rings. The van der Waals surface area contributed by atoms with Gasteiger partial charge in [-0.3, -0.25) is 9.48 Å². The van der Waals surface area contributed by atoms with Gasteiger partial charge in [0.15, 0.2) is 11.5 Å². The molecule has 0 atom stereocenters. The fraction of sp³-hybridized carbons (Fsp3) is 0.316. The lowest BCUT2D eigenvalue weighted by atomic mass is 10.1. The van der Waals surface area contributed by atoms with Crippen LogP contribution in [0.1, 0.15) is 33.9 Å². The molecular formula is C19H22N4O2. The van der Waals surface area contributed by atoms with E-state index in [-0.39, 0.29) is 5.91 Å². The molecule has 0 radical (unpaired) electrons. The Kier molecular flexibility index (Phi) is 4.97. The van der Waals surface area contributed by atoms with E-state index in [0.717, 1.165) is 29.9 Å². The Morgan fingerprint density at radius 3 is 2.60 bits per heavy atom. The summed E-state index contributed by atoms with van der Waals surface area (Å²) in [6.45, 7) is 7.36. The van der Waals surface area contributed by atoms with Crippen molar-refractivity contribution >= 4 is 5.91 Å². The van der Waals surface area contributed by atoms with Crippen molar-refractivity contribution in [2.75, 3.05) is 6.54 Å². The first-order valence-corrected chi connectivity index (χ1v) is 8.36. The second kappa shape index (κ2) is 7.34. The van der Waals surface area contributed by atoms with Crippen LogP contribution in [0.3, 0.4) is 0 Å². The number of nitrogens with one attached hydrogen (secondary N) is 1. The highest BCUT2D eigenvalue weighted by atomic mass is 16.5. The Morgan fingerprint density at radius 1 is 1.16 bits per heavy atom. The molecule has 6 nitrogen and oxygen atoms in total. The summed E-state index contributed by atoms with van der Waals surface area (Å²) < 4.78 is 7.23. The Labute approximate surface area is 146 Å². The number of benzene rings is 1. The van der Waals surface area contributed by atoms with E-state index in [9.17, 15) is 4.79 Å². The standard InChI is InChI=1S/C19H22N4O2/c1-13-5-7-16(8-6-13)18-12-17(22-25-18)19(24)20-9-4-10-23-15(3)11-14(2)21-23/h5-8,11-12H,4,9-10H2,1-3H3,(H,20,24). The van der Waals surface area contributed by atoms with E-state index in [1.807, 2.05) is 55.8 Å². The summed E-state index contributed by atoms with van der Waals surface area (Å²) in [4.78, 5) is 12.2. The maximum absolute atomic E-state index is 12.2. The van der Waals surface area contributed by atoms with Crippen molar-refractivity contribution < 1.29 is 9.32 Å². The van der Waals surface area contributed by atoms with Gasteiger partial charge in [0, 0.05) is 30.4 Å². The number of aryl methyl sites for hydroxylation is 4. The quantitative estimate of drug-likeness (QED) is 0.700. The van der Waals surface area contributed by atoms with Crippen molar-refractivity contribution in [1.29, 1.82) is 0 Å². The van der Waals surface area contributed by atoms with Crippen molar-refractivity contribution in [3.63, 3.8) is 0 Å². The maximum atomic E-state index is 12.2. The van der Waals surface area contributed by atoms with Crippen LogP contribution in [-0.4, -0.2) is 27.4 Å². The molecule has 3 aromatic rings. The number of nitrogens with zero attached hydrogens (tertiary/aromatic N) is 3. The van der Waals surface area contributed by atoms with E-state index >= 15 is 0 Å². The molecule has 0 unspecified atom stereocenters. The molecule has 0 aliphatic heterocycles. The second-order valence-corrected chi connectivity index (χ2v) is 6.20. The topological polar surface area (TPSA) is 73.0 Å². The minimum absolute atomic E-state index is 0.226.